The molecular weight excluding hydrogens is 192 g/mol. The van der Waals surface area contributed by atoms with Crippen molar-refractivity contribution < 1.29 is 0 Å². The number of hydrogen-bond donors (Lipinski definition) is 1. The predicted molar refractivity (Wildman–Crippen MR) is 62.9 cm³/mol. The molecule has 1 saturated heterocycles. The number of aromatic nitrogens is 1. The molecule has 0 amide bonds. The van der Waals surface area contributed by atoms with Crippen LogP contribution in [0.5, 0.6) is 0 Å². The van der Waals surface area contributed by atoms with Crippen molar-refractivity contribution in [1.82, 2.24) is 4.98 Å². The number of anilines is 1. The summed E-state index contributed by atoms with van der Waals surface area (Å²) in [5.74, 6) is 2.28. The van der Waals surface area contributed by atoms with E-state index in [0.29, 0.717) is 11.3 Å². The summed E-state index contributed by atoms with van der Waals surface area (Å²) in [4.78, 5) is 4.36. The molecule has 1 aliphatic heterocycles. The Kier molecular flexibility index (Phi) is 2.96. The molecule has 0 aromatic carbocycles. The fourth-order valence-electron chi connectivity index (χ4n) is 1.66. The zero-order valence-electron chi connectivity index (χ0n) is 8.66. The molecule has 0 spiro atoms. The lowest BCUT2D eigenvalue weighted by Gasteiger charge is -2.16. The number of nitrogens with zero attached hydrogens (tertiary/aromatic N) is 1. The van der Waals surface area contributed by atoms with Crippen LogP contribution in [0.25, 0.3) is 0 Å². The average Bonchev–Trinajstić information content (AvgIpc) is 2.56. The van der Waals surface area contributed by atoms with Gasteiger partial charge >= 0.3 is 0 Å². The zero-order valence-corrected chi connectivity index (χ0v) is 9.47. The number of aryl methyl sites for hydroxylation is 1. The van der Waals surface area contributed by atoms with Crippen LogP contribution in [0.1, 0.15) is 18.9 Å². The molecule has 0 radical (unpaired) electrons. The lowest BCUT2D eigenvalue weighted by atomic mass is 10.2. The Bertz CT molecular complexity index is 297. The van der Waals surface area contributed by atoms with Gasteiger partial charge in [-0.1, -0.05) is 13.0 Å². The van der Waals surface area contributed by atoms with E-state index in [0.717, 1.165) is 5.82 Å². The van der Waals surface area contributed by atoms with Gasteiger partial charge in [-0.25, -0.2) is 4.98 Å². The maximum absolute atomic E-state index is 4.36. The van der Waals surface area contributed by atoms with Crippen molar-refractivity contribution >= 4 is 17.6 Å². The summed E-state index contributed by atoms with van der Waals surface area (Å²) in [6.45, 7) is 4.34. The van der Waals surface area contributed by atoms with E-state index in [1.54, 1.807) is 0 Å². The molecular formula is C11H16N2S. The van der Waals surface area contributed by atoms with Gasteiger partial charge in [0.25, 0.3) is 0 Å². The van der Waals surface area contributed by atoms with Crippen LogP contribution in [0.3, 0.4) is 0 Å². The van der Waals surface area contributed by atoms with Crippen LogP contribution < -0.4 is 5.32 Å². The van der Waals surface area contributed by atoms with Gasteiger partial charge in [0.05, 0.1) is 0 Å². The molecule has 2 heterocycles. The first kappa shape index (κ1) is 9.84. The van der Waals surface area contributed by atoms with E-state index >= 15 is 0 Å². The molecule has 1 N–H and O–H groups in total. The van der Waals surface area contributed by atoms with Crippen LogP contribution in [0, 0.1) is 6.92 Å². The lowest BCUT2D eigenvalue weighted by molar-refractivity contribution is 0.720. The van der Waals surface area contributed by atoms with Crippen molar-refractivity contribution in [1.29, 1.82) is 0 Å². The minimum Gasteiger partial charge on any atom is -0.366 e. The van der Waals surface area contributed by atoms with Gasteiger partial charge in [0.15, 0.2) is 0 Å². The molecule has 0 bridgehead atoms. The van der Waals surface area contributed by atoms with Crippen LogP contribution in [0.4, 0.5) is 5.82 Å². The molecule has 76 valence electrons. The Morgan fingerprint density at radius 3 is 2.93 bits per heavy atom. The first-order chi connectivity index (χ1) is 6.75. The monoisotopic (exact) mass is 208 g/mol. The number of nitrogens with one attached hydrogen (secondary N) is 1. The Morgan fingerprint density at radius 2 is 2.36 bits per heavy atom. The van der Waals surface area contributed by atoms with Gasteiger partial charge in [-0.15, -0.1) is 0 Å². The first-order valence-electron chi connectivity index (χ1n) is 5.06. The number of thioether (sulfide) groups is 1. The third-order valence-electron chi connectivity index (χ3n) is 2.62. The molecule has 2 rings (SSSR count). The van der Waals surface area contributed by atoms with Gasteiger partial charge in [-0.05, 0) is 30.7 Å². The Hall–Kier alpha value is -0.700. The van der Waals surface area contributed by atoms with Crippen molar-refractivity contribution in [3.05, 3.63) is 23.9 Å². The van der Waals surface area contributed by atoms with Crippen molar-refractivity contribution in [3.8, 4) is 0 Å². The van der Waals surface area contributed by atoms with Crippen molar-refractivity contribution in [2.45, 2.75) is 31.6 Å². The fraction of sp³-hybridized carbons (Fsp3) is 0.545. The maximum Gasteiger partial charge on any atom is 0.126 e. The molecule has 0 saturated carbocycles. The van der Waals surface area contributed by atoms with Gasteiger partial charge in [-0.2, -0.15) is 11.8 Å². The van der Waals surface area contributed by atoms with Crippen LogP contribution in [0.15, 0.2) is 18.3 Å². The maximum atomic E-state index is 4.36. The highest BCUT2D eigenvalue weighted by Gasteiger charge is 2.23. The number of hydrogen-bond acceptors (Lipinski definition) is 3. The minimum absolute atomic E-state index is 0.593. The van der Waals surface area contributed by atoms with Crippen molar-refractivity contribution in [3.63, 3.8) is 0 Å². The SMILES string of the molecule is Cc1ccc(NC2CCSC2C)nc1. The molecule has 1 fully saturated rings. The molecule has 3 heteroatoms. The standard InChI is InChI=1S/C11H16N2S/c1-8-3-4-11(12-7-8)13-10-5-6-14-9(10)2/h3-4,7,9-10H,5-6H2,1-2H3,(H,12,13). The van der Waals surface area contributed by atoms with Crippen LogP contribution in [0.2, 0.25) is 0 Å². The zero-order chi connectivity index (χ0) is 9.97. The second-order valence-electron chi connectivity index (χ2n) is 3.84. The molecule has 2 atom stereocenters. The van der Waals surface area contributed by atoms with Crippen molar-refractivity contribution in [2.24, 2.45) is 0 Å². The molecule has 2 unspecified atom stereocenters. The van der Waals surface area contributed by atoms with Gasteiger partial charge in [0.2, 0.25) is 0 Å². The number of rotatable bonds is 2. The summed E-state index contributed by atoms with van der Waals surface area (Å²) in [6, 6.07) is 4.75. The van der Waals surface area contributed by atoms with E-state index in [1.165, 1.54) is 17.7 Å². The normalized spacial score (nSPS) is 26.4. The third-order valence-corrected chi connectivity index (χ3v) is 3.95. The molecule has 14 heavy (non-hydrogen) atoms. The molecule has 0 aliphatic carbocycles. The Labute approximate surface area is 89.5 Å². The number of pyridine rings is 1. The topological polar surface area (TPSA) is 24.9 Å². The molecule has 1 aliphatic rings. The van der Waals surface area contributed by atoms with Gasteiger partial charge in [-0.3, -0.25) is 0 Å². The lowest BCUT2D eigenvalue weighted by Crippen LogP contribution is -2.25. The minimum atomic E-state index is 0.593. The third kappa shape index (κ3) is 2.21. The summed E-state index contributed by atoms with van der Waals surface area (Å²) in [5, 5.41) is 4.19. The van der Waals surface area contributed by atoms with E-state index in [9.17, 15) is 0 Å². The van der Waals surface area contributed by atoms with Crippen LogP contribution in [-0.2, 0) is 0 Å². The highest BCUT2D eigenvalue weighted by Crippen LogP contribution is 2.28. The highest BCUT2D eigenvalue weighted by molar-refractivity contribution is 8.00. The van der Waals surface area contributed by atoms with Crippen LogP contribution >= 0.6 is 11.8 Å². The van der Waals surface area contributed by atoms with Crippen LogP contribution in [-0.4, -0.2) is 22.0 Å². The van der Waals surface area contributed by atoms with Gasteiger partial charge < -0.3 is 5.32 Å². The van der Waals surface area contributed by atoms with E-state index in [-0.39, 0.29) is 0 Å². The van der Waals surface area contributed by atoms with Gasteiger partial charge in [0.1, 0.15) is 5.82 Å². The quantitative estimate of drug-likeness (QED) is 0.809. The van der Waals surface area contributed by atoms with Gasteiger partial charge in [0, 0.05) is 17.5 Å². The summed E-state index contributed by atoms with van der Waals surface area (Å²) in [5.41, 5.74) is 1.21. The largest absolute Gasteiger partial charge is 0.366 e. The second-order valence-corrected chi connectivity index (χ2v) is 5.32. The average molecular weight is 208 g/mol. The second kappa shape index (κ2) is 4.22. The highest BCUT2D eigenvalue weighted by atomic mass is 32.2. The van der Waals surface area contributed by atoms with E-state index in [2.05, 4.69) is 36.3 Å². The van der Waals surface area contributed by atoms with E-state index < -0.39 is 0 Å². The fourth-order valence-corrected chi connectivity index (χ4v) is 2.86. The molecule has 1 aromatic rings. The Morgan fingerprint density at radius 1 is 1.50 bits per heavy atom. The summed E-state index contributed by atoms with van der Waals surface area (Å²) in [6.07, 6.45) is 3.16. The molecule has 1 aromatic heterocycles. The first-order valence-corrected chi connectivity index (χ1v) is 6.11. The van der Waals surface area contributed by atoms with E-state index in [1.807, 2.05) is 18.0 Å². The summed E-state index contributed by atoms with van der Waals surface area (Å²) < 4.78 is 0. The summed E-state index contributed by atoms with van der Waals surface area (Å²) >= 11 is 2.04. The predicted octanol–water partition coefficient (Wildman–Crippen LogP) is 2.70. The van der Waals surface area contributed by atoms with Crippen molar-refractivity contribution in [2.75, 3.05) is 11.1 Å². The van der Waals surface area contributed by atoms with E-state index in [4.69, 9.17) is 0 Å². The smallest absolute Gasteiger partial charge is 0.126 e. The Balaban J connectivity index is 2.00. The summed E-state index contributed by atoms with van der Waals surface area (Å²) in [7, 11) is 0. The molecule has 2 nitrogen and oxygen atoms in total.